The quantitative estimate of drug-likeness (QED) is 0.393. The minimum absolute atomic E-state index is 0.324. The molecule has 0 amide bonds. The zero-order chi connectivity index (χ0) is 15.7. The van der Waals surface area contributed by atoms with Crippen molar-refractivity contribution >= 4 is 25.7 Å². The first kappa shape index (κ1) is 16.5. The van der Waals surface area contributed by atoms with Gasteiger partial charge in [-0.15, -0.1) is 0 Å². The van der Waals surface area contributed by atoms with Crippen molar-refractivity contribution in [3.63, 3.8) is 0 Å². The fraction of sp³-hybridized carbons (Fsp3) is 0.300. The van der Waals surface area contributed by atoms with Gasteiger partial charge in [0.05, 0.1) is 10.9 Å². The van der Waals surface area contributed by atoms with Gasteiger partial charge < -0.3 is 5.73 Å². The fourth-order valence-electron chi connectivity index (χ4n) is 1.28. The van der Waals surface area contributed by atoms with Crippen LogP contribution in [0.4, 0.5) is 4.39 Å². The van der Waals surface area contributed by atoms with E-state index in [9.17, 15) is 21.2 Å². The molecule has 1 aromatic rings. The van der Waals surface area contributed by atoms with Gasteiger partial charge in [-0.05, 0) is 25.1 Å². The molecule has 0 aliphatic rings. The van der Waals surface area contributed by atoms with Crippen molar-refractivity contribution in [3.8, 4) is 0 Å². The zero-order valence-electron chi connectivity index (χ0n) is 10.7. The predicted octanol–water partition coefficient (Wildman–Crippen LogP) is -0.168. The number of sulfonamides is 1. The van der Waals surface area contributed by atoms with Crippen LogP contribution < -0.4 is 10.5 Å². The summed E-state index contributed by atoms with van der Waals surface area (Å²) in [5.74, 6) is -1.55. The van der Waals surface area contributed by atoms with Crippen LogP contribution in [-0.4, -0.2) is 35.0 Å². The highest BCUT2D eigenvalue weighted by Crippen LogP contribution is 2.19. The first-order valence-corrected chi connectivity index (χ1v) is 8.68. The fourth-order valence-corrected chi connectivity index (χ4v) is 3.33. The SMILES string of the molecule is CC(NS(=O)(=O)c1cc(S(C)(=O)=O)ccc1F)C(=N)N. The van der Waals surface area contributed by atoms with Gasteiger partial charge in [-0.3, -0.25) is 5.41 Å². The van der Waals surface area contributed by atoms with Crippen molar-refractivity contribution in [2.24, 2.45) is 5.73 Å². The second-order valence-electron chi connectivity index (χ2n) is 4.16. The summed E-state index contributed by atoms with van der Waals surface area (Å²) in [4.78, 5) is -1.14. The summed E-state index contributed by atoms with van der Waals surface area (Å²) in [6, 6.07) is 1.41. The van der Waals surface area contributed by atoms with E-state index in [1.165, 1.54) is 6.92 Å². The maximum atomic E-state index is 13.6. The van der Waals surface area contributed by atoms with E-state index < -0.39 is 42.5 Å². The molecule has 1 rings (SSSR count). The van der Waals surface area contributed by atoms with Crippen molar-refractivity contribution in [2.45, 2.75) is 22.8 Å². The highest BCUT2D eigenvalue weighted by atomic mass is 32.2. The molecule has 0 aliphatic carbocycles. The summed E-state index contributed by atoms with van der Waals surface area (Å²) < 4.78 is 62.2. The third kappa shape index (κ3) is 3.74. The number of amidine groups is 1. The van der Waals surface area contributed by atoms with E-state index in [1.807, 2.05) is 4.72 Å². The van der Waals surface area contributed by atoms with Gasteiger partial charge in [0.1, 0.15) is 16.5 Å². The average molecular weight is 323 g/mol. The van der Waals surface area contributed by atoms with Crippen molar-refractivity contribution in [1.82, 2.24) is 4.72 Å². The number of hydrogen-bond donors (Lipinski definition) is 3. The van der Waals surface area contributed by atoms with E-state index in [0.717, 1.165) is 24.5 Å². The second-order valence-corrected chi connectivity index (χ2v) is 7.86. The molecule has 1 aromatic carbocycles. The monoisotopic (exact) mass is 323 g/mol. The average Bonchev–Trinajstić information content (AvgIpc) is 2.26. The Morgan fingerprint density at radius 2 is 1.90 bits per heavy atom. The van der Waals surface area contributed by atoms with Crippen molar-refractivity contribution in [3.05, 3.63) is 24.0 Å². The van der Waals surface area contributed by atoms with E-state index in [2.05, 4.69) is 0 Å². The Kier molecular flexibility index (Phi) is 4.52. The van der Waals surface area contributed by atoms with Crippen LogP contribution in [0.15, 0.2) is 28.0 Å². The molecule has 20 heavy (non-hydrogen) atoms. The smallest absolute Gasteiger partial charge is 0.244 e. The van der Waals surface area contributed by atoms with E-state index in [-0.39, 0.29) is 4.90 Å². The molecule has 0 saturated carbocycles. The summed E-state index contributed by atoms with van der Waals surface area (Å²) in [7, 11) is -8.00. The van der Waals surface area contributed by atoms with Gasteiger partial charge >= 0.3 is 0 Å². The first-order valence-electron chi connectivity index (χ1n) is 5.31. The Morgan fingerprint density at radius 1 is 1.35 bits per heavy atom. The Balaban J connectivity index is 3.35. The maximum absolute atomic E-state index is 13.6. The van der Waals surface area contributed by atoms with Crippen LogP contribution in [0.1, 0.15) is 6.92 Å². The van der Waals surface area contributed by atoms with E-state index >= 15 is 0 Å². The third-order valence-electron chi connectivity index (χ3n) is 2.42. The van der Waals surface area contributed by atoms with Gasteiger partial charge in [-0.25, -0.2) is 25.9 Å². The third-order valence-corrected chi connectivity index (χ3v) is 5.08. The lowest BCUT2D eigenvalue weighted by molar-refractivity contribution is 0.553. The van der Waals surface area contributed by atoms with Gasteiger partial charge in [0.2, 0.25) is 10.0 Å². The molecule has 1 unspecified atom stereocenters. The molecule has 7 nitrogen and oxygen atoms in total. The van der Waals surface area contributed by atoms with E-state index in [4.69, 9.17) is 11.1 Å². The van der Waals surface area contributed by atoms with E-state index in [1.54, 1.807) is 0 Å². The van der Waals surface area contributed by atoms with Gasteiger partial charge in [-0.1, -0.05) is 0 Å². The molecule has 0 fully saturated rings. The molecule has 0 saturated heterocycles. The lowest BCUT2D eigenvalue weighted by Gasteiger charge is -2.13. The molecule has 10 heteroatoms. The number of nitrogens with one attached hydrogen (secondary N) is 2. The largest absolute Gasteiger partial charge is 0.386 e. The summed E-state index contributed by atoms with van der Waals surface area (Å²) in [6.07, 6.45) is 0.877. The molecule has 0 heterocycles. The molecule has 0 radical (unpaired) electrons. The van der Waals surface area contributed by atoms with Crippen LogP contribution in [0.3, 0.4) is 0 Å². The number of rotatable bonds is 5. The molecular weight excluding hydrogens is 309 g/mol. The highest BCUT2D eigenvalue weighted by molar-refractivity contribution is 7.91. The summed E-state index contributed by atoms with van der Waals surface area (Å²) >= 11 is 0. The summed E-state index contributed by atoms with van der Waals surface area (Å²) in [5.41, 5.74) is 5.13. The van der Waals surface area contributed by atoms with Gasteiger partial charge in [-0.2, -0.15) is 0 Å². The van der Waals surface area contributed by atoms with Gasteiger partial charge in [0.15, 0.2) is 9.84 Å². The number of nitrogens with two attached hydrogens (primary N) is 1. The minimum atomic E-state index is -4.33. The summed E-state index contributed by atoms with van der Waals surface area (Å²) in [5, 5.41) is 7.10. The van der Waals surface area contributed by atoms with Gasteiger partial charge in [0.25, 0.3) is 0 Å². The Bertz CT molecular complexity index is 744. The normalized spacial score (nSPS) is 13.9. The molecule has 112 valence electrons. The summed E-state index contributed by atoms with van der Waals surface area (Å²) in [6.45, 7) is 1.30. The molecule has 0 bridgehead atoms. The maximum Gasteiger partial charge on any atom is 0.244 e. The van der Waals surface area contributed by atoms with Crippen LogP contribution >= 0.6 is 0 Å². The van der Waals surface area contributed by atoms with Crippen molar-refractivity contribution in [1.29, 1.82) is 5.41 Å². The Labute approximate surface area is 116 Å². The molecule has 0 aliphatic heterocycles. The predicted molar refractivity (Wildman–Crippen MR) is 71.2 cm³/mol. The molecule has 4 N–H and O–H groups in total. The van der Waals surface area contributed by atoms with Crippen LogP contribution in [-0.2, 0) is 19.9 Å². The molecule has 1 atom stereocenters. The number of benzene rings is 1. The number of hydrogen-bond acceptors (Lipinski definition) is 5. The minimum Gasteiger partial charge on any atom is -0.386 e. The molecule has 0 spiro atoms. The first-order chi connectivity index (χ1) is 8.95. The lowest BCUT2D eigenvalue weighted by Crippen LogP contribution is -2.42. The molecular formula is C10H14FN3O4S2. The van der Waals surface area contributed by atoms with Crippen molar-refractivity contribution < 1.29 is 21.2 Å². The van der Waals surface area contributed by atoms with Crippen LogP contribution in [0.25, 0.3) is 0 Å². The standard InChI is InChI=1S/C10H14FN3O4S2/c1-6(10(12)13)14-20(17,18)9-5-7(19(2,15)16)3-4-8(9)11/h3-6,14H,1-2H3,(H3,12,13). The number of halogens is 1. The molecule has 0 aromatic heterocycles. The van der Waals surface area contributed by atoms with Gasteiger partial charge in [0, 0.05) is 6.26 Å². The Hall–Kier alpha value is -1.52. The van der Waals surface area contributed by atoms with Crippen LogP contribution in [0.5, 0.6) is 0 Å². The highest BCUT2D eigenvalue weighted by Gasteiger charge is 2.24. The zero-order valence-corrected chi connectivity index (χ0v) is 12.3. The van der Waals surface area contributed by atoms with Crippen LogP contribution in [0.2, 0.25) is 0 Å². The second kappa shape index (κ2) is 5.46. The van der Waals surface area contributed by atoms with Crippen molar-refractivity contribution in [2.75, 3.05) is 6.26 Å². The topological polar surface area (TPSA) is 130 Å². The lowest BCUT2D eigenvalue weighted by atomic mass is 10.3. The number of sulfone groups is 1. The van der Waals surface area contributed by atoms with Crippen LogP contribution in [0, 0.1) is 11.2 Å². The Morgan fingerprint density at radius 3 is 2.35 bits per heavy atom. The van der Waals surface area contributed by atoms with E-state index in [0.29, 0.717) is 0 Å².